The predicted molar refractivity (Wildman–Crippen MR) is 148 cm³/mol. The number of halogens is 4. The number of alkyl halides is 3. The minimum atomic E-state index is -4.61. The van der Waals surface area contributed by atoms with Gasteiger partial charge in [-0.25, -0.2) is 9.97 Å². The molecule has 3 aromatic heterocycles. The number of nitrogens with zero attached hydrogens (tertiary/aromatic N) is 6. The van der Waals surface area contributed by atoms with Crippen LogP contribution in [0.2, 0.25) is 5.02 Å². The molecule has 0 aliphatic carbocycles. The van der Waals surface area contributed by atoms with Crippen molar-refractivity contribution in [1.82, 2.24) is 39.7 Å². The fraction of sp³-hybridized carbons (Fsp3) is 0.370. The summed E-state index contributed by atoms with van der Waals surface area (Å²) in [5.41, 5.74) is 0.197. The van der Waals surface area contributed by atoms with Gasteiger partial charge in [-0.2, -0.15) is 18.3 Å². The molecule has 3 N–H and O–H groups in total. The van der Waals surface area contributed by atoms with E-state index < -0.39 is 11.9 Å². The van der Waals surface area contributed by atoms with Crippen molar-refractivity contribution >= 4 is 40.6 Å². The van der Waals surface area contributed by atoms with Gasteiger partial charge in [0.05, 0.1) is 34.2 Å². The maximum absolute atomic E-state index is 13.4. The first-order valence-corrected chi connectivity index (χ1v) is 13.9. The van der Waals surface area contributed by atoms with E-state index in [0.29, 0.717) is 37.4 Å². The Bertz CT molecular complexity index is 1620. The second-order valence-electron chi connectivity index (χ2n) is 10.2. The van der Waals surface area contributed by atoms with Crippen molar-refractivity contribution in [1.29, 1.82) is 0 Å². The van der Waals surface area contributed by atoms with Crippen molar-refractivity contribution in [2.45, 2.75) is 19.0 Å². The Kier molecular flexibility index (Phi) is 7.49. The Labute approximate surface area is 243 Å². The summed E-state index contributed by atoms with van der Waals surface area (Å²) >= 11 is 6.52. The summed E-state index contributed by atoms with van der Waals surface area (Å²) in [5.74, 6) is 0.264. The Morgan fingerprint density at radius 1 is 1.02 bits per heavy atom. The lowest BCUT2D eigenvalue weighted by Crippen LogP contribution is -2.52. The number of aromatic amines is 1. The highest BCUT2D eigenvalue weighted by Gasteiger charge is 2.37. The number of hydrogen-bond acceptors (Lipinski definition) is 7. The highest BCUT2D eigenvalue weighted by Crippen LogP contribution is 2.36. The number of carbonyl (C=O) groups excluding carboxylic acids is 2. The van der Waals surface area contributed by atoms with Crippen molar-refractivity contribution in [2.24, 2.45) is 5.92 Å². The molecule has 2 fully saturated rings. The van der Waals surface area contributed by atoms with Crippen LogP contribution >= 0.6 is 11.6 Å². The number of anilines is 2. The summed E-state index contributed by atoms with van der Waals surface area (Å²) in [6.07, 6.45) is 2.41. The number of fused-ring (bicyclic) bond motifs is 1. The number of H-pyrrole nitrogens is 1. The molecule has 4 aromatic rings. The van der Waals surface area contributed by atoms with E-state index in [9.17, 15) is 22.8 Å². The van der Waals surface area contributed by atoms with Crippen molar-refractivity contribution in [3.63, 3.8) is 0 Å². The van der Waals surface area contributed by atoms with E-state index in [-0.39, 0.29) is 45.5 Å². The molecule has 0 bridgehead atoms. The van der Waals surface area contributed by atoms with Gasteiger partial charge < -0.3 is 20.4 Å². The lowest BCUT2D eigenvalue weighted by atomic mass is 9.96. The van der Waals surface area contributed by atoms with Crippen molar-refractivity contribution in [3.8, 4) is 11.3 Å². The zero-order valence-corrected chi connectivity index (χ0v) is 23.0. The van der Waals surface area contributed by atoms with E-state index in [1.54, 1.807) is 23.1 Å². The van der Waals surface area contributed by atoms with Gasteiger partial charge in [-0.1, -0.05) is 11.6 Å². The molecule has 0 radical (unpaired) electrons. The van der Waals surface area contributed by atoms with E-state index in [1.807, 2.05) is 10.00 Å². The lowest BCUT2D eigenvalue weighted by molar-refractivity contribution is -0.140. The second kappa shape index (κ2) is 11.2. The van der Waals surface area contributed by atoms with Gasteiger partial charge in [0, 0.05) is 50.2 Å². The molecule has 5 heterocycles. The molecule has 1 aromatic carbocycles. The normalized spacial score (nSPS) is 16.7. The molecular formula is C27H27ClF3N9O2. The molecule has 2 saturated heterocycles. The van der Waals surface area contributed by atoms with Crippen molar-refractivity contribution in [2.75, 3.05) is 44.6 Å². The predicted octanol–water partition coefficient (Wildman–Crippen LogP) is 3.82. The van der Waals surface area contributed by atoms with Gasteiger partial charge in [0.15, 0.2) is 11.5 Å². The largest absolute Gasteiger partial charge is 0.433 e. The minimum Gasteiger partial charge on any atom is -0.339 e. The molecule has 0 unspecified atom stereocenters. The molecule has 0 spiro atoms. The third-order valence-electron chi connectivity index (χ3n) is 7.66. The van der Waals surface area contributed by atoms with Gasteiger partial charge in [-0.05, 0) is 44.1 Å². The van der Waals surface area contributed by atoms with Crippen LogP contribution in [0.15, 0.2) is 43.0 Å². The number of piperidine rings is 1. The molecule has 0 saturated carbocycles. The monoisotopic (exact) mass is 601 g/mol. The van der Waals surface area contributed by atoms with Gasteiger partial charge in [0.2, 0.25) is 5.91 Å². The van der Waals surface area contributed by atoms with Crippen LogP contribution in [0.3, 0.4) is 0 Å². The number of benzene rings is 1. The summed E-state index contributed by atoms with van der Waals surface area (Å²) in [6, 6.07) is 4.86. The van der Waals surface area contributed by atoms with Gasteiger partial charge in [-0.3, -0.25) is 19.1 Å². The van der Waals surface area contributed by atoms with E-state index in [2.05, 4.69) is 25.7 Å². The van der Waals surface area contributed by atoms with E-state index in [4.69, 9.17) is 11.6 Å². The number of imidazole rings is 1. The first kappa shape index (κ1) is 28.0. The molecule has 11 nitrogen and oxygen atoms in total. The second-order valence-corrected chi connectivity index (χ2v) is 10.6. The maximum atomic E-state index is 13.4. The van der Waals surface area contributed by atoms with Gasteiger partial charge >= 0.3 is 6.18 Å². The summed E-state index contributed by atoms with van der Waals surface area (Å²) in [7, 11) is 0. The number of carbonyl (C=O) groups is 2. The lowest BCUT2D eigenvalue weighted by Gasteiger charge is -2.37. The first-order chi connectivity index (χ1) is 20.2. The third kappa shape index (κ3) is 5.39. The van der Waals surface area contributed by atoms with E-state index >= 15 is 0 Å². The summed E-state index contributed by atoms with van der Waals surface area (Å²) in [6.45, 7) is 3.51. The Balaban J connectivity index is 1.14. The van der Waals surface area contributed by atoms with Crippen LogP contribution < -0.4 is 10.6 Å². The van der Waals surface area contributed by atoms with Crippen LogP contribution in [0.1, 0.15) is 28.9 Å². The Morgan fingerprint density at radius 2 is 1.76 bits per heavy atom. The summed E-state index contributed by atoms with van der Waals surface area (Å²) < 4.78 is 41.7. The topological polar surface area (TPSA) is 124 Å². The highest BCUT2D eigenvalue weighted by molar-refractivity contribution is 6.34. The molecule has 2 aliphatic rings. The average molecular weight is 602 g/mol. The third-order valence-corrected chi connectivity index (χ3v) is 7.97. The molecule has 0 atom stereocenters. The van der Waals surface area contributed by atoms with Crippen LogP contribution in [0.5, 0.6) is 0 Å². The number of rotatable bonds is 5. The molecular weight excluding hydrogens is 575 g/mol. The number of aromatic nitrogens is 5. The fourth-order valence-electron chi connectivity index (χ4n) is 5.43. The number of piperazine rings is 1. The van der Waals surface area contributed by atoms with E-state index in [0.717, 1.165) is 32.1 Å². The molecule has 220 valence electrons. The molecule has 15 heteroatoms. The summed E-state index contributed by atoms with van der Waals surface area (Å²) in [5, 5.41) is 12.1. The minimum absolute atomic E-state index is 0.0416. The standard InChI is InChI=1S/C27H27ClF3N9O2/c28-20-13-17(1-2-18(20)26(42)39-11-9-38(10-12-39)25(41)16-3-5-32-6-4-16)36-23-24-34-15-21(40(24)8-7-33-23)19-14-35-37-22(19)27(29,30)31/h1-2,7-8,13-16,32H,3-6,9-12H2,(H,33,36)(H,35,37). The number of nitrogens with one attached hydrogen (secondary N) is 3. The van der Waals surface area contributed by atoms with Crippen LogP contribution in [0.25, 0.3) is 16.9 Å². The molecule has 6 rings (SSSR count). The molecule has 2 amide bonds. The zero-order chi connectivity index (χ0) is 29.4. The SMILES string of the molecule is O=C(c1ccc(Nc2nccn3c(-c4cn[nH]c4C(F)(F)F)cnc23)cc1Cl)N1CCN(C(=O)C2CCNCC2)CC1. The van der Waals surface area contributed by atoms with Crippen LogP contribution in [-0.2, 0) is 11.0 Å². The van der Waals surface area contributed by atoms with Gasteiger partial charge in [0.1, 0.15) is 5.69 Å². The molecule has 2 aliphatic heterocycles. The maximum Gasteiger partial charge on any atom is 0.433 e. The van der Waals surface area contributed by atoms with Crippen LogP contribution in [0, 0.1) is 5.92 Å². The Morgan fingerprint density at radius 3 is 2.48 bits per heavy atom. The first-order valence-electron chi connectivity index (χ1n) is 13.5. The van der Waals surface area contributed by atoms with Crippen LogP contribution in [0.4, 0.5) is 24.7 Å². The van der Waals surface area contributed by atoms with Gasteiger partial charge in [-0.15, -0.1) is 0 Å². The van der Waals surface area contributed by atoms with Crippen molar-refractivity contribution < 1.29 is 22.8 Å². The highest BCUT2D eigenvalue weighted by atomic mass is 35.5. The quantitative estimate of drug-likeness (QED) is 0.318. The van der Waals surface area contributed by atoms with Gasteiger partial charge in [0.25, 0.3) is 5.91 Å². The summed E-state index contributed by atoms with van der Waals surface area (Å²) in [4.78, 5) is 38.2. The smallest absolute Gasteiger partial charge is 0.339 e. The molecule has 42 heavy (non-hydrogen) atoms. The van der Waals surface area contributed by atoms with E-state index in [1.165, 1.54) is 23.0 Å². The van der Waals surface area contributed by atoms with Crippen LogP contribution in [-0.4, -0.2) is 85.4 Å². The average Bonchev–Trinajstić information content (AvgIpc) is 3.65. The number of amides is 2. The number of hydrogen-bond donors (Lipinski definition) is 3. The zero-order valence-electron chi connectivity index (χ0n) is 22.3. The van der Waals surface area contributed by atoms with Crippen molar-refractivity contribution in [3.05, 3.63) is 59.3 Å². The fourth-order valence-corrected chi connectivity index (χ4v) is 5.69. The Hall–Kier alpha value is -4.17.